The van der Waals surface area contributed by atoms with Crippen LogP contribution in [0, 0.1) is 0 Å². The molecule has 0 heterocycles. The van der Waals surface area contributed by atoms with Crippen molar-refractivity contribution in [2.24, 2.45) is 0 Å². The van der Waals surface area contributed by atoms with Gasteiger partial charge in [-0.25, -0.2) is 0 Å². The average Bonchev–Trinajstić information content (AvgIpc) is 3.33. The molecule has 0 bridgehead atoms. The quantitative estimate of drug-likeness (QED) is 0.0262. The molecule has 0 aromatic carbocycles. The molecule has 0 rings (SSSR count). The van der Waals surface area contributed by atoms with Gasteiger partial charge < -0.3 is 14.2 Å². The van der Waals surface area contributed by atoms with E-state index in [0.717, 1.165) is 64.2 Å². The van der Waals surface area contributed by atoms with Crippen molar-refractivity contribution in [3.8, 4) is 0 Å². The van der Waals surface area contributed by atoms with Crippen LogP contribution in [0.4, 0.5) is 0 Å². The Kier molecular flexibility index (Phi) is 54.7. The molecular weight excluding hydrogens is 829 g/mol. The van der Waals surface area contributed by atoms with E-state index < -0.39 is 6.10 Å². The van der Waals surface area contributed by atoms with Gasteiger partial charge in [-0.3, -0.25) is 14.4 Å². The van der Waals surface area contributed by atoms with Crippen LogP contribution in [0.2, 0.25) is 0 Å². The highest BCUT2D eigenvalue weighted by atomic mass is 16.6. The lowest BCUT2D eigenvalue weighted by Gasteiger charge is -2.18. The molecule has 0 radical (unpaired) electrons. The molecule has 0 aromatic heterocycles. The van der Waals surface area contributed by atoms with E-state index in [4.69, 9.17) is 14.2 Å². The van der Waals surface area contributed by atoms with Gasteiger partial charge in [0.25, 0.3) is 0 Å². The summed E-state index contributed by atoms with van der Waals surface area (Å²) in [6.07, 6.45) is 65.9. The van der Waals surface area contributed by atoms with Crippen molar-refractivity contribution in [1.29, 1.82) is 0 Å². The number of ether oxygens (including phenoxy) is 3. The first-order valence-corrected chi connectivity index (χ1v) is 29.8. The van der Waals surface area contributed by atoms with Gasteiger partial charge >= 0.3 is 17.9 Å². The van der Waals surface area contributed by atoms with Gasteiger partial charge in [0.05, 0.1) is 0 Å². The fraction of sp³-hybridized carbons (Fsp3) is 0.885. The summed E-state index contributed by atoms with van der Waals surface area (Å²) < 4.78 is 16.9. The lowest BCUT2D eigenvalue weighted by Crippen LogP contribution is -2.30. The molecule has 0 unspecified atom stereocenters. The number of esters is 3. The van der Waals surface area contributed by atoms with Gasteiger partial charge in [0.1, 0.15) is 13.2 Å². The van der Waals surface area contributed by atoms with Crippen LogP contribution in [0.1, 0.15) is 329 Å². The summed E-state index contributed by atoms with van der Waals surface area (Å²) in [5, 5.41) is 0. The van der Waals surface area contributed by atoms with Crippen LogP contribution in [0.3, 0.4) is 0 Å². The third-order valence-electron chi connectivity index (χ3n) is 13.5. The summed E-state index contributed by atoms with van der Waals surface area (Å²) in [5.41, 5.74) is 0. The molecular formula is C61H114O6. The summed E-state index contributed by atoms with van der Waals surface area (Å²) in [6.45, 7) is 6.67. The fourth-order valence-corrected chi connectivity index (χ4v) is 8.95. The van der Waals surface area contributed by atoms with Gasteiger partial charge in [0, 0.05) is 19.3 Å². The fourth-order valence-electron chi connectivity index (χ4n) is 8.95. The van der Waals surface area contributed by atoms with Crippen LogP contribution in [0.25, 0.3) is 0 Å². The van der Waals surface area contributed by atoms with E-state index >= 15 is 0 Å². The van der Waals surface area contributed by atoms with Gasteiger partial charge in [0.15, 0.2) is 6.10 Å². The Morgan fingerprint density at radius 1 is 0.299 bits per heavy atom. The third-order valence-corrected chi connectivity index (χ3v) is 13.5. The number of carbonyl (C=O) groups is 3. The monoisotopic (exact) mass is 943 g/mol. The summed E-state index contributed by atoms with van der Waals surface area (Å²) in [6, 6.07) is 0. The van der Waals surface area contributed by atoms with Gasteiger partial charge in [-0.15, -0.1) is 0 Å². The van der Waals surface area contributed by atoms with E-state index in [1.165, 1.54) is 225 Å². The minimum atomic E-state index is -0.767. The number of unbranched alkanes of at least 4 members (excludes halogenated alkanes) is 40. The molecule has 67 heavy (non-hydrogen) atoms. The number of rotatable bonds is 55. The van der Waals surface area contributed by atoms with Crippen molar-refractivity contribution in [3.05, 3.63) is 24.3 Å². The lowest BCUT2D eigenvalue weighted by molar-refractivity contribution is -0.167. The maximum Gasteiger partial charge on any atom is 0.306 e. The second kappa shape index (κ2) is 56.5. The average molecular weight is 944 g/mol. The topological polar surface area (TPSA) is 78.9 Å². The smallest absolute Gasteiger partial charge is 0.306 e. The maximum atomic E-state index is 12.9. The van der Waals surface area contributed by atoms with Crippen LogP contribution in [0.15, 0.2) is 24.3 Å². The van der Waals surface area contributed by atoms with Gasteiger partial charge in [-0.05, 0) is 51.4 Å². The molecule has 0 aliphatic rings. The third kappa shape index (κ3) is 54.7. The Bertz CT molecular complexity index is 1080. The van der Waals surface area contributed by atoms with Crippen molar-refractivity contribution in [3.63, 3.8) is 0 Å². The maximum absolute atomic E-state index is 12.9. The van der Waals surface area contributed by atoms with Crippen molar-refractivity contribution in [2.45, 2.75) is 335 Å². The second-order valence-electron chi connectivity index (χ2n) is 20.3. The molecule has 0 N–H and O–H groups in total. The van der Waals surface area contributed by atoms with Gasteiger partial charge in [0.2, 0.25) is 0 Å². The molecule has 0 amide bonds. The largest absolute Gasteiger partial charge is 0.462 e. The zero-order valence-electron chi connectivity index (χ0n) is 45.2. The standard InChI is InChI=1S/C61H114O6/c1-4-7-10-13-16-19-22-25-27-29-30-32-33-36-39-42-45-48-51-54-60(63)66-57-58(56-65-59(62)53-50-47-44-41-38-35-24-21-18-15-12-9-6-3)67-61(64)55-52-49-46-43-40-37-34-31-28-26-23-20-17-14-11-8-5-2/h16,19,25,27,58H,4-15,17-18,20-24,26,28-57H2,1-3H3/b19-16+,27-25+/t58-/m1/s1. The highest BCUT2D eigenvalue weighted by Gasteiger charge is 2.19. The van der Waals surface area contributed by atoms with Crippen LogP contribution < -0.4 is 0 Å². The molecule has 0 saturated heterocycles. The van der Waals surface area contributed by atoms with Crippen molar-refractivity contribution in [2.75, 3.05) is 13.2 Å². The summed E-state index contributed by atoms with van der Waals surface area (Å²) in [4.78, 5) is 38.2. The molecule has 0 fully saturated rings. The van der Waals surface area contributed by atoms with Gasteiger partial charge in [-0.2, -0.15) is 0 Å². The number of allylic oxidation sites excluding steroid dienone is 4. The van der Waals surface area contributed by atoms with E-state index in [1.807, 2.05) is 0 Å². The van der Waals surface area contributed by atoms with Crippen LogP contribution in [0.5, 0.6) is 0 Å². The Balaban J connectivity index is 4.30. The Hall–Kier alpha value is -2.11. The van der Waals surface area contributed by atoms with E-state index in [-0.39, 0.29) is 31.1 Å². The first kappa shape index (κ1) is 64.9. The molecule has 0 aromatic rings. The molecule has 0 spiro atoms. The Morgan fingerprint density at radius 2 is 0.537 bits per heavy atom. The van der Waals surface area contributed by atoms with E-state index in [0.29, 0.717) is 19.3 Å². The molecule has 0 saturated carbocycles. The lowest BCUT2D eigenvalue weighted by atomic mass is 10.0. The number of hydrogen-bond donors (Lipinski definition) is 0. The summed E-state index contributed by atoms with van der Waals surface area (Å²) in [7, 11) is 0. The van der Waals surface area contributed by atoms with Crippen molar-refractivity contribution >= 4 is 17.9 Å². The van der Waals surface area contributed by atoms with E-state index in [2.05, 4.69) is 45.1 Å². The summed E-state index contributed by atoms with van der Waals surface area (Å²) >= 11 is 0. The molecule has 0 aliphatic heterocycles. The summed E-state index contributed by atoms with van der Waals surface area (Å²) in [5.74, 6) is -0.847. The Morgan fingerprint density at radius 3 is 0.851 bits per heavy atom. The number of carbonyl (C=O) groups excluding carboxylic acids is 3. The highest BCUT2D eigenvalue weighted by Crippen LogP contribution is 2.17. The van der Waals surface area contributed by atoms with Crippen LogP contribution in [-0.4, -0.2) is 37.2 Å². The first-order valence-electron chi connectivity index (χ1n) is 29.8. The predicted octanol–water partition coefficient (Wildman–Crippen LogP) is 19.9. The SMILES string of the molecule is CCCCC/C=C/C/C=C/CCCCCCCCCCCC(=O)OC[C@@H](COC(=O)CCCCCCCCCCCCCCC)OC(=O)CCCCCCCCCCCCCCCCCCC. The molecule has 6 heteroatoms. The van der Waals surface area contributed by atoms with Crippen molar-refractivity contribution < 1.29 is 28.6 Å². The van der Waals surface area contributed by atoms with Gasteiger partial charge in [-0.1, -0.05) is 283 Å². The normalized spacial score (nSPS) is 12.1. The van der Waals surface area contributed by atoms with Crippen LogP contribution >= 0.6 is 0 Å². The first-order chi connectivity index (χ1) is 33.0. The predicted molar refractivity (Wildman–Crippen MR) is 289 cm³/mol. The minimum Gasteiger partial charge on any atom is -0.462 e. The highest BCUT2D eigenvalue weighted by molar-refractivity contribution is 5.71. The molecule has 6 nitrogen and oxygen atoms in total. The zero-order chi connectivity index (χ0) is 48.6. The molecule has 0 aliphatic carbocycles. The second-order valence-corrected chi connectivity index (χ2v) is 20.3. The van der Waals surface area contributed by atoms with Crippen molar-refractivity contribution in [1.82, 2.24) is 0 Å². The van der Waals surface area contributed by atoms with E-state index in [9.17, 15) is 14.4 Å². The molecule has 394 valence electrons. The minimum absolute atomic E-state index is 0.0666. The van der Waals surface area contributed by atoms with Crippen LogP contribution in [-0.2, 0) is 28.6 Å². The van der Waals surface area contributed by atoms with E-state index in [1.54, 1.807) is 0 Å². The Labute approximate surface area is 417 Å². The number of hydrogen-bond acceptors (Lipinski definition) is 6. The molecule has 1 atom stereocenters. The zero-order valence-corrected chi connectivity index (χ0v) is 45.2.